The van der Waals surface area contributed by atoms with Crippen molar-refractivity contribution in [2.45, 2.75) is 60.2 Å². The topological polar surface area (TPSA) is 67.4 Å². The molecule has 5 nitrogen and oxygen atoms in total. The third kappa shape index (κ3) is 4.97. The van der Waals surface area contributed by atoms with E-state index in [1.54, 1.807) is 6.92 Å². The minimum absolute atomic E-state index is 0.0108. The van der Waals surface area contributed by atoms with Gasteiger partial charge in [-0.3, -0.25) is 4.79 Å². The van der Waals surface area contributed by atoms with Crippen LogP contribution in [0.1, 0.15) is 53.0 Å². The molecule has 1 fully saturated rings. The Labute approximate surface area is 150 Å². The van der Waals surface area contributed by atoms with Crippen LogP contribution in [-0.4, -0.2) is 18.2 Å². The lowest BCUT2D eigenvalue weighted by Crippen LogP contribution is -2.51. The Balaban J connectivity index is 1.84. The summed E-state index contributed by atoms with van der Waals surface area (Å²) in [4.78, 5) is 24.6. The van der Waals surface area contributed by atoms with E-state index in [9.17, 15) is 9.59 Å². The number of rotatable bonds is 5. The number of ether oxygens (including phenoxy) is 1. The lowest BCUT2D eigenvalue weighted by molar-refractivity contribution is -0.131. The van der Waals surface area contributed by atoms with Crippen molar-refractivity contribution in [3.8, 4) is 0 Å². The third-order valence-corrected chi connectivity index (χ3v) is 5.14. The zero-order valence-corrected chi connectivity index (χ0v) is 15.9. The Kier molecular flexibility index (Phi) is 5.76. The van der Waals surface area contributed by atoms with E-state index in [-0.39, 0.29) is 29.3 Å². The van der Waals surface area contributed by atoms with Crippen LogP contribution in [0.15, 0.2) is 30.3 Å². The van der Waals surface area contributed by atoms with Crippen LogP contribution in [0.3, 0.4) is 0 Å². The number of hydrogen-bond acceptors (Lipinski definition) is 3. The van der Waals surface area contributed by atoms with Gasteiger partial charge in [-0.1, -0.05) is 58.0 Å². The summed E-state index contributed by atoms with van der Waals surface area (Å²) in [7, 11) is 0. The predicted molar refractivity (Wildman–Crippen MR) is 97.7 cm³/mol. The Hall–Kier alpha value is -2.04. The van der Waals surface area contributed by atoms with Crippen molar-refractivity contribution in [3.05, 3.63) is 35.9 Å². The predicted octanol–water partition coefficient (Wildman–Crippen LogP) is 3.84. The lowest BCUT2D eigenvalue weighted by atomic mass is 9.72. The zero-order valence-electron chi connectivity index (χ0n) is 15.9. The standard InChI is InChI=1S/C20H30N2O3/c1-14(22-18(24)25-13-15-9-7-6-8-10-15)21-17(23)16-19(2,3)11-12-20(16,4)5/h6-10,14,16H,11-13H2,1-5H3,(H,21,23)(H,22,24). The molecule has 1 aromatic rings. The van der Waals surface area contributed by atoms with Gasteiger partial charge in [0.1, 0.15) is 12.8 Å². The summed E-state index contributed by atoms with van der Waals surface area (Å²) in [5.41, 5.74) is 0.839. The van der Waals surface area contributed by atoms with E-state index in [1.807, 2.05) is 30.3 Å². The van der Waals surface area contributed by atoms with Gasteiger partial charge >= 0.3 is 6.09 Å². The first kappa shape index (κ1) is 19.3. The maximum Gasteiger partial charge on any atom is 0.409 e. The number of benzene rings is 1. The van der Waals surface area contributed by atoms with E-state index in [0.29, 0.717) is 0 Å². The SMILES string of the molecule is CC(NC(=O)OCc1ccccc1)NC(=O)C1C(C)(C)CCC1(C)C. The quantitative estimate of drug-likeness (QED) is 0.796. The van der Waals surface area contributed by atoms with Crippen LogP contribution in [0, 0.1) is 16.7 Å². The van der Waals surface area contributed by atoms with E-state index in [2.05, 4.69) is 38.3 Å². The molecule has 2 rings (SSSR count). The van der Waals surface area contributed by atoms with E-state index in [4.69, 9.17) is 4.74 Å². The van der Waals surface area contributed by atoms with Gasteiger partial charge in [0, 0.05) is 5.92 Å². The van der Waals surface area contributed by atoms with Crippen molar-refractivity contribution in [2.75, 3.05) is 0 Å². The first-order valence-electron chi connectivity index (χ1n) is 8.89. The normalized spacial score (nSPS) is 19.9. The van der Waals surface area contributed by atoms with E-state index < -0.39 is 12.3 Å². The molecule has 1 saturated carbocycles. The molecule has 0 saturated heterocycles. The van der Waals surface area contributed by atoms with Crippen LogP contribution < -0.4 is 10.6 Å². The fourth-order valence-electron chi connectivity index (χ4n) is 3.97. The average molecular weight is 346 g/mol. The second-order valence-corrected chi connectivity index (χ2v) is 8.35. The largest absolute Gasteiger partial charge is 0.445 e. The first-order valence-corrected chi connectivity index (χ1v) is 8.89. The smallest absolute Gasteiger partial charge is 0.409 e. The fourth-order valence-corrected chi connectivity index (χ4v) is 3.97. The van der Waals surface area contributed by atoms with Crippen molar-refractivity contribution < 1.29 is 14.3 Å². The number of carbonyl (C=O) groups is 2. The first-order chi connectivity index (χ1) is 11.6. The number of amides is 2. The molecule has 1 unspecified atom stereocenters. The molecule has 0 spiro atoms. The van der Waals surface area contributed by atoms with Gasteiger partial charge in [-0.05, 0) is 36.2 Å². The van der Waals surface area contributed by atoms with Gasteiger partial charge in [0.15, 0.2) is 0 Å². The van der Waals surface area contributed by atoms with Crippen LogP contribution in [0.25, 0.3) is 0 Å². The number of alkyl carbamates (subject to hydrolysis) is 1. The highest BCUT2D eigenvalue weighted by atomic mass is 16.5. The maximum absolute atomic E-state index is 12.7. The van der Waals surface area contributed by atoms with Gasteiger partial charge in [0.25, 0.3) is 0 Å². The van der Waals surface area contributed by atoms with Gasteiger partial charge in [-0.2, -0.15) is 0 Å². The highest BCUT2D eigenvalue weighted by Crippen LogP contribution is 2.53. The minimum Gasteiger partial charge on any atom is -0.445 e. The molecule has 1 aromatic carbocycles. The van der Waals surface area contributed by atoms with Crippen LogP contribution in [0.5, 0.6) is 0 Å². The highest BCUT2D eigenvalue weighted by Gasteiger charge is 2.50. The van der Waals surface area contributed by atoms with Crippen LogP contribution >= 0.6 is 0 Å². The summed E-state index contributed by atoms with van der Waals surface area (Å²) in [6.45, 7) is 10.5. The Morgan fingerprint density at radius 3 is 2.20 bits per heavy atom. The minimum atomic E-state index is -0.540. The number of hydrogen-bond donors (Lipinski definition) is 2. The summed E-state index contributed by atoms with van der Waals surface area (Å²) in [6, 6.07) is 9.48. The van der Waals surface area contributed by atoms with Crippen LogP contribution in [0.4, 0.5) is 4.79 Å². The Bertz CT molecular complexity index is 595. The van der Waals surface area contributed by atoms with Crippen molar-refractivity contribution in [1.82, 2.24) is 10.6 Å². The Morgan fingerprint density at radius 1 is 1.08 bits per heavy atom. The second kappa shape index (κ2) is 7.46. The molecule has 1 aliphatic rings. The summed E-state index contributed by atoms with van der Waals surface area (Å²) >= 11 is 0. The van der Waals surface area contributed by atoms with Crippen LogP contribution in [-0.2, 0) is 16.1 Å². The van der Waals surface area contributed by atoms with Gasteiger partial charge < -0.3 is 15.4 Å². The van der Waals surface area contributed by atoms with Gasteiger partial charge in [-0.15, -0.1) is 0 Å². The van der Waals surface area contributed by atoms with E-state index >= 15 is 0 Å². The zero-order chi connectivity index (χ0) is 18.7. The maximum atomic E-state index is 12.7. The summed E-state index contributed by atoms with van der Waals surface area (Å²) < 4.78 is 5.19. The molecule has 2 amide bonds. The van der Waals surface area contributed by atoms with Gasteiger partial charge in [0.2, 0.25) is 5.91 Å². The molecule has 1 aliphatic carbocycles. The fraction of sp³-hybridized carbons (Fsp3) is 0.600. The monoisotopic (exact) mass is 346 g/mol. The molecular weight excluding hydrogens is 316 g/mol. The van der Waals surface area contributed by atoms with Crippen molar-refractivity contribution in [1.29, 1.82) is 0 Å². The van der Waals surface area contributed by atoms with E-state index in [1.165, 1.54) is 0 Å². The lowest BCUT2D eigenvalue weighted by Gasteiger charge is -2.34. The molecule has 0 radical (unpaired) electrons. The average Bonchev–Trinajstić information content (AvgIpc) is 2.74. The van der Waals surface area contributed by atoms with Crippen LogP contribution in [0.2, 0.25) is 0 Å². The second-order valence-electron chi connectivity index (χ2n) is 8.35. The molecule has 2 N–H and O–H groups in total. The van der Waals surface area contributed by atoms with Crippen molar-refractivity contribution >= 4 is 12.0 Å². The van der Waals surface area contributed by atoms with Crippen molar-refractivity contribution in [3.63, 3.8) is 0 Å². The van der Waals surface area contributed by atoms with E-state index in [0.717, 1.165) is 18.4 Å². The number of nitrogens with one attached hydrogen (secondary N) is 2. The highest BCUT2D eigenvalue weighted by molar-refractivity contribution is 5.81. The molecule has 0 heterocycles. The summed E-state index contributed by atoms with van der Waals surface area (Å²) in [6.07, 6.45) is 1.03. The molecule has 138 valence electrons. The molecule has 25 heavy (non-hydrogen) atoms. The third-order valence-electron chi connectivity index (χ3n) is 5.14. The molecule has 0 aromatic heterocycles. The summed E-state index contributed by atoms with van der Waals surface area (Å²) in [5.74, 6) is -0.0899. The molecule has 0 aliphatic heterocycles. The van der Waals surface area contributed by atoms with Crippen molar-refractivity contribution in [2.24, 2.45) is 16.7 Å². The molecule has 5 heteroatoms. The Morgan fingerprint density at radius 2 is 1.64 bits per heavy atom. The number of carbonyl (C=O) groups excluding carboxylic acids is 2. The molecule has 1 atom stereocenters. The molecular formula is C20H30N2O3. The molecule has 0 bridgehead atoms. The summed E-state index contributed by atoms with van der Waals surface area (Å²) in [5, 5.41) is 5.58. The van der Waals surface area contributed by atoms with Gasteiger partial charge in [-0.25, -0.2) is 4.79 Å². The van der Waals surface area contributed by atoms with Gasteiger partial charge in [0.05, 0.1) is 0 Å².